The Bertz CT molecular complexity index is 664. The molecule has 5 nitrogen and oxygen atoms in total. The Morgan fingerprint density at radius 1 is 1.36 bits per heavy atom. The molecule has 1 saturated heterocycles. The lowest BCUT2D eigenvalue weighted by atomic mass is 10.2. The molecule has 0 radical (unpaired) electrons. The van der Waals surface area contributed by atoms with Crippen molar-refractivity contribution in [3.8, 4) is 0 Å². The van der Waals surface area contributed by atoms with Gasteiger partial charge in [0.15, 0.2) is 9.84 Å². The molecule has 1 aromatic rings. The standard InChI is InChI=1S/C14H18Cl2N2O3S/c1-18(7-10-2-3-12(15)13(16)6-10)8-14(19)17-11-4-5-22(20,21)9-11/h2-3,6,11H,4-5,7-9H2,1H3,(H,17,19)/t11-/m1/s1. The molecule has 0 aliphatic carbocycles. The van der Waals surface area contributed by atoms with Gasteiger partial charge < -0.3 is 5.32 Å². The Labute approximate surface area is 140 Å². The molecule has 1 fully saturated rings. The van der Waals surface area contributed by atoms with Gasteiger partial charge in [-0.25, -0.2) is 8.42 Å². The fourth-order valence-corrected chi connectivity index (χ4v) is 4.43. The fourth-order valence-electron chi connectivity index (χ4n) is 2.43. The van der Waals surface area contributed by atoms with Crippen LogP contribution in [0.5, 0.6) is 0 Å². The molecule has 0 aromatic heterocycles. The van der Waals surface area contributed by atoms with Gasteiger partial charge >= 0.3 is 0 Å². The van der Waals surface area contributed by atoms with Crippen LogP contribution in [0.25, 0.3) is 0 Å². The van der Waals surface area contributed by atoms with E-state index in [-0.39, 0.29) is 30.0 Å². The minimum Gasteiger partial charge on any atom is -0.351 e. The van der Waals surface area contributed by atoms with Crippen LogP contribution in [0.3, 0.4) is 0 Å². The molecule has 1 N–H and O–H groups in total. The van der Waals surface area contributed by atoms with Crippen molar-refractivity contribution in [2.45, 2.75) is 19.0 Å². The third kappa shape index (κ3) is 5.12. The monoisotopic (exact) mass is 364 g/mol. The zero-order valence-electron chi connectivity index (χ0n) is 12.2. The summed E-state index contributed by atoms with van der Waals surface area (Å²) in [6, 6.07) is 5.07. The van der Waals surface area contributed by atoms with Gasteiger partial charge in [0.25, 0.3) is 0 Å². The summed E-state index contributed by atoms with van der Waals surface area (Å²) < 4.78 is 22.7. The lowest BCUT2D eigenvalue weighted by Crippen LogP contribution is -2.41. The molecule has 1 heterocycles. The van der Waals surface area contributed by atoms with Crippen molar-refractivity contribution in [1.82, 2.24) is 10.2 Å². The van der Waals surface area contributed by atoms with Crippen LogP contribution in [0.15, 0.2) is 18.2 Å². The third-order valence-electron chi connectivity index (χ3n) is 3.45. The first-order chi connectivity index (χ1) is 10.2. The lowest BCUT2D eigenvalue weighted by molar-refractivity contribution is -0.122. The Balaban J connectivity index is 1.82. The predicted octanol–water partition coefficient (Wildman–Crippen LogP) is 1.73. The Morgan fingerprint density at radius 2 is 2.09 bits per heavy atom. The molecule has 1 aromatic carbocycles. The number of likely N-dealkylation sites (N-methyl/N-ethyl adjacent to an activating group) is 1. The van der Waals surface area contributed by atoms with Crippen molar-refractivity contribution in [2.24, 2.45) is 0 Å². The molecule has 1 aliphatic rings. The molecule has 1 aliphatic heterocycles. The predicted molar refractivity (Wildman–Crippen MR) is 88.0 cm³/mol. The largest absolute Gasteiger partial charge is 0.351 e. The van der Waals surface area contributed by atoms with Gasteiger partial charge in [-0.1, -0.05) is 29.3 Å². The molecule has 0 saturated carbocycles. The van der Waals surface area contributed by atoms with Crippen LogP contribution in [-0.4, -0.2) is 50.4 Å². The summed E-state index contributed by atoms with van der Waals surface area (Å²) in [7, 11) is -1.17. The maximum absolute atomic E-state index is 11.9. The summed E-state index contributed by atoms with van der Waals surface area (Å²) in [6.45, 7) is 0.740. The quantitative estimate of drug-likeness (QED) is 0.863. The third-order valence-corrected chi connectivity index (χ3v) is 5.95. The number of hydrogen-bond donors (Lipinski definition) is 1. The van der Waals surface area contributed by atoms with Gasteiger partial charge in [-0.2, -0.15) is 0 Å². The van der Waals surface area contributed by atoms with E-state index in [9.17, 15) is 13.2 Å². The first-order valence-electron chi connectivity index (χ1n) is 6.87. The summed E-state index contributed by atoms with van der Waals surface area (Å²) >= 11 is 11.8. The van der Waals surface area contributed by atoms with Gasteiger partial charge in [0.1, 0.15) is 0 Å². The Kier molecular flexibility index (Phi) is 5.71. The number of amides is 1. The molecule has 22 heavy (non-hydrogen) atoms. The SMILES string of the molecule is CN(CC(=O)N[C@@H]1CCS(=O)(=O)C1)Cc1ccc(Cl)c(Cl)c1. The van der Waals surface area contributed by atoms with Crippen molar-refractivity contribution in [2.75, 3.05) is 25.1 Å². The number of hydrogen-bond acceptors (Lipinski definition) is 4. The Hall–Kier alpha value is -0.820. The van der Waals surface area contributed by atoms with Crippen LogP contribution in [0.1, 0.15) is 12.0 Å². The van der Waals surface area contributed by atoms with Gasteiger partial charge in [-0.15, -0.1) is 0 Å². The number of benzene rings is 1. The van der Waals surface area contributed by atoms with E-state index < -0.39 is 9.84 Å². The first-order valence-corrected chi connectivity index (χ1v) is 9.45. The molecular weight excluding hydrogens is 347 g/mol. The topological polar surface area (TPSA) is 66.5 Å². The smallest absolute Gasteiger partial charge is 0.234 e. The van der Waals surface area contributed by atoms with Crippen molar-refractivity contribution in [3.05, 3.63) is 33.8 Å². The number of carbonyl (C=O) groups is 1. The van der Waals surface area contributed by atoms with Crippen molar-refractivity contribution < 1.29 is 13.2 Å². The van der Waals surface area contributed by atoms with E-state index in [0.717, 1.165) is 5.56 Å². The van der Waals surface area contributed by atoms with Gasteiger partial charge in [0.05, 0.1) is 28.1 Å². The summed E-state index contributed by atoms with van der Waals surface area (Å²) in [4.78, 5) is 13.8. The second-order valence-corrected chi connectivity index (χ2v) is 8.63. The number of carbonyl (C=O) groups excluding carboxylic acids is 1. The van der Waals surface area contributed by atoms with Crippen LogP contribution in [-0.2, 0) is 21.2 Å². The van der Waals surface area contributed by atoms with E-state index in [1.54, 1.807) is 12.1 Å². The average molecular weight is 365 g/mol. The fraction of sp³-hybridized carbons (Fsp3) is 0.500. The number of sulfone groups is 1. The highest BCUT2D eigenvalue weighted by atomic mass is 35.5. The molecule has 122 valence electrons. The molecule has 2 rings (SSSR count). The minimum atomic E-state index is -2.98. The molecule has 8 heteroatoms. The molecule has 0 spiro atoms. The van der Waals surface area contributed by atoms with Gasteiger partial charge in [0.2, 0.25) is 5.91 Å². The second kappa shape index (κ2) is 7.17. The highest BCUT2D eigenvalue weighted by molar-refractivity contribution is 7.91. The van der Waals surface area contributed by atoms with E-state index in [4.69, 9.17) is 23.2 Å². The van der Waals surface area contributed by atoms with E-state index in [1.165, 1.54) is 0 Å². The van der Waals surface area contributed by atoms with Crippen molar-refractivity contribution in [3.63, 3.8) is 0 Å². The number of halogens is 2. The second-order valence-electron chi connectivity index (χ2n) is 5.59. The molecule has 0 unspecified atom stereocenters. The van der Waals surface area contributed by atoms with Crippen molar-refractivity contribution in [1.29, 1.82) is 0 Å². The van der Waals surface area contributed by atoms with Crippen LogP contribution >= 0.6 is 23.2 Å². The molecule has 1 atom stereocenters. The number of nitrogens with zero attached hydrogens (tertiary/aromatic N) is 1. The van der Waals surface area contributed by atoms with Crippen LogP contribution in [0.2, 0.25) is 10.0 Å². The van der Waals surface area contributed by atoms with Gasteiger partial charge in [-0.3, -0.25) is 9.69 Å². The summed E-state index contributed by atoms with van der Waals surface area (Å²) in [6.07, 6.45) is 0.491. The average Bonchev–Trinajstić information content (AvgIpc) is 2.72. The number of rotatable bonds is 5. The summed E-state index contributed by atoms with van der Waals surface area (Å²) in [5.74, 6) is 0.0106. The van der Waals surface area contributed by atoms with Crippen LogP contribution in [0.4, 0.5) is 0 Å². The van der Waals surface area contributed by atoms with Gasteiger partial charge in [0, 0.05) is 12.6 Å². The Morgan fingerprint density at radius 3 is 2.68 bits per heavy atom. The normalized spacial score (nSPS) is 20.3. The molecular formula is C14H18Cl2N2O3S. The van der Waals surface area contributed by atoms with E-state index in [1.807, 2.05) is 18.0 Å². The van der Waals surface area contributed by atoms with Crippen LogP contribution in [0, 0.1) is 0 Å². The summed E-state index contributed by atoms with van der Waals surface area (Å²) in [5.41, 5.74) is 0.952. The minimum absolute atomic E-state index is 0.0370. The van der Waals surface area contributed by atoms with Crippen LogP contribution < -0.4 is 5.32 Å². The van der Waals surface area contributed by atoms with E-state index in [0.29, 0.717) is 23.0 Å². The highest BCUT2D eigenvalue weighted by Crippen LogP contribution is 2.23. The van der Waals surface area contributed by atoms with E-state index >= 15 is 0 Å². The first kappa shape index (κ1) is 17.5. The molecule has 0 bridgehead atoms. The zero-order chi connectivity index (χ0) is 16.3. The number of nitrogens with one attached hydrogen (secondary N) is 1. The maximum Gasteiger partial charge on any atom is 0.234 e. The van der Waals surface area contributed by atoms with E-state index in [2.05, 4.69) is 5.32 Å². The van der Waals surface area contributed by atoms with Gasteiger partial charge in [-0.05, 0) is 31.2 Å². The van der Waals surface area contributed by atoms with Crippen molar-refractivity contribution >= 4 is 38.9 Å². The maximum atomic E-state index is 11.9. The summed E-state index contributed by atoms with van der Waals surface area (Å²) in [5, 5.41) is 3.74. The molecule has 1 amide bonds. The lowest BCUT2D eigenvalue weighted by Gasteiger charge is -2.18. The highest BCUT2D eigenvalue weighted by Gasteiger charge is 2.28. The zero-order valence-corrected chi connectivity index (χ0v) is 14.5.